The van der Waals surface area contributed by atoms with Crippen LogP contribution >= 0.6 is 11.6 Å². The molecule has 0 radical (unpaired) electrons. The Morgan fingerprint density at radius 1 is 1.21 bits per heavy atom. The number of halogens is 4. The van der Waals surface area contributed by atoms with Crippen LogP contribution in [0, 0.1) is 0 Å². The minimum Gasteiger partial charge on any atom is -0.382 e. The van der Waals surface area contributed by atoms with Gasteiger partial charge in [0.15, 0.2) is 5.84 Å². The molecule has 7 nitrogen and oxygen atoms in total. The number of nitrogens with two attached hydrogens (primary N) is 2. The zero-order chi connectivity index (χ0) is 20.3. The standard InChI is InChI=1S/C17H15ClF3N7/c18-15-11(2-1-3-12(15)17(19,20)21)7-28-8-14(25-9-28)13-6-10(4-5-24-13)16(22)26-27-23/h1-6,8-9,27H,7,23H2,(H2,22,26). The topological polar surface area (TPSA) is 107 Å². The lowest BCUT2D eigenvalue weighted by atomic mass is 10.1. The molecule has 2 aromatic heterocycles. The van der Waals surface area contributed by atoms with Crippen molar-refractivity contribution >= 4 is 17.4 Å². The molecule has 146 valence electrons. The molecule has 0 fully saturated rings. The number of aromatic nitrogens is 3. The molecule has 0 aliphatic rings. The summed E-state index contributed by atoms with van der Waals surface area (Å²) in [6.07, 6.45) is 0.153. The number of imidazole rings is 1. The van der Waals surface area contributed by atoms with Gasteiger partial charge >= 0.3 is 6.18 Å². The van der Waals surface area contributed by atoms with Gasteiger partial charge in [-0.2, -0.15) is 13.2 Å². The summed E-state index contributed by atoms with van der Waals surface area (Å²) in [6, 6.07) is 7.12. The van der Waals surface area contributed by atoms with Crippen LogP contribution in [-0.2, 0) is 12.7 Å². The summed E-state index contributed by atoms with van der Waals surface area (Å²) >= 11 is 5.94. The zero-order valence-electron chi connectivity index (χ0n) is 14.3. The molecule has 0 bridgehead atoms. The predicted octanol–water partition coefficient (Wildman–Crippen LogP) is 2.75. The Morgan fingerprint density at radius 3 is 2.71 bits per heavy atom. The van der Waals surface area contributed by atoms with Crippen LogP contribution in [0.25, 0.3) is 11.4 Å². The maximum absolute atomic E-state index is 13.0. The van der Waals surface area contributed by atoms with E-state index in [2.05, 4.69) is 20.6 Å². The van der Waals surface area contributed by atoms with Gasteiger partial charge in [-0.05, 0) is 23.8 Å². The molecule has 0 amide bonds. The second kappa shape index (κ2) is 7.87. The summed E-state index contributed by atoms with van der Waals surface area (Å²) in [6.45, 7) is 0.121. The summed E-state index contributed by atoms with van der Waals surface area (Å²) in [7, 11) is 0. The van der Waals surface area contributed by atoms with E-state index in [-0.39, 0.29) is 17.4 Å². The van der Waals surface area contributed by atoms with Crippen LogP contribution in [0.1, 0.15) is 16.7 Å². The van der Waals surface area contributed by atoms with Gasteiger partial charge < -0.3 is 10.3 Å². The number of rotatable bonds is 5. The van der Waals surface area contributed by atoms with Crippen molar-refractivity contribution in [2.45, 2.75) is 12.7 Å². The molecule has 2 heterocycles. The molecule has 11 heteroatoms. The molecule has 0 unspecified atom stereocenters. The third kappa shape index (κ3) is 4.24. The van der Waals surface area contributed by atoms with E-state index in [1.807, 2.05) is 0 Å². The number of hydrazone groups is 1. The van der Waals surface area contributed by atoms with E-state index in [1.54, 1.807) is 22.9 Å². The molecular weight excluding hydrogens is 395 g/mol. The Labute approximate surface area is 162 Å². The minimum atomic E-state index is -4.52. The fourth-order valence-electron chi connectivity index (χ4n) is 2.56. The molecule has 3 aromatic rings. The monoisotopic (exact) mass is 409 g/mol. The van der Waals surface area contributed by atoms with Gasteiger partial charge in [0.2, 0.25) is 0 Å². The number of nitrogens with zero attached hydrogens (tertiary/aromatic N) is 4. The summed E-state index contributed by atoms with van der Waals surface area (Å²) in [5, 5.41) is 3.36. The fraction of sp³-hybridized carbons (Fsp3) is 0.118. The number of hydrogen-bond acceptors (Lipinski definition) is 5. The lowest BCUT2D eigenvalue weighted by molar-refractivity contribution is -0.137. The first-order valence-electron chi connectivity index (χ1n) is 7.91. The van der Waals surface area contributed by atoms with Crippen LogP contribution in [0.3, 0.4) is 0 Å². The van der Waals surface area contributed by atoms with Gasteiger partial charge in [-0.3, -0.25) is 4.98 Å². The second-order valence-electron chi connectivity index (χ2n) is 5.76. The average Bonchev–Trinajstić information content (AvgIpc) is 3.11. The molecule has 0 aliphatic carbocycles. The van der Waals surface area contributed by atoms with Crippen LogP contribution in [0.2, 0.25) is 5.02 Å². The number of hydrogen-bond donors (Lipinski definition) is 3. The average molecular weight is 410 g/mol. The summed E-state index contributed by atoms with van der Waals surface area (Å²) in [4.78, 5) is 8.47. The van der Waals surface area contributed by atoms with Crippen molar-refractivity contribution in [2.75, 3.05) is 0 Å². The fourth-order valence-corrected chi connectivity index (χ4v) is 2.85. The molecular formula is C17H15ClF3N7. The van der Waals surface area contributed by atoms with Crippen LogP contribution < -0.4 is 17.1 Å². The Bertz CT molecular complexity index is 1010. The zero-order valence-corrected chi connectivity index (χ0v) is 15.0. The minimum absolute atomic E-state index is 0.121. The highest BCUT2D eigenvalue weighted by Crippen LogP contribution is 2.36. The third-order valence-electron chi connectivity index (χ3n) is 3.87. The summed E-state index contributed by atoms with van der Waals surface area (Å²) in [5.74, 6) is 5.28. The Balaban J connectivity index is 1.86. The maximum atomic E-state index is 13.0. The predicted molar refractivity (Wildman–Crippen MR) is 99.1 cm³/mol. The van der Waals surface area contributed by atoms with Gasteiger partial charge in [0.25, 0.3) is 0 Å². The quantitative estimate of drug-likeness (QED) is 0.260. The number of nitrogens with one attached hydrogen (secondary N) is 1. The highest BCUT2D eigenvalue weighted by Gasteiger charge is 2.33. The Morgan fingerprint density at radius 2 is 2.00 bits per heavy atom. The van der Waals surface area contributed by atoms with E-state index in [0.717, 1.165) is 6.07 Å². The molecule has 0 saturated carbocycles. The molecule has 1 aromatic carbocycles. The van der Waals surface area contributed by atoms with Crippen LogP contribution in [0.15, 0.2) is 54.2 Å². The van der Waals surface area contributed by atoms with E-state index in [0.29, 0.717) is 22.5 Å². The lowest BCUT2D eigenvalue weighted by Gasteiger charge is -2.12. The van der Waals surface area contributed by atoms with Gasteiger partial charge in [0.05, 0.1) is 22.6 Å². The van der Waals surface area contributed by atoms with Crippen molar-refractivity contribution in [1.29, 1.82) is 0 Å². The number of alkyl halides is 3. The largest absolute Gasteiger partial charge is 0.417 e. The first-order chi connectivity index (χ1) is 13.3. The Hall–Kier alpha value is -3.11. The molecule has 0 spiro atoms. The SMILES string of the molecule is NN/N=C(\N)c1ccnc(-c2cn(Cc3cccc(C(F)(F)F)c3Cl)cn2)c1. The highest BCUT2D eigenvalue weighted by atomic mass is 35.5. The van der Waals surface area contributed by atoms with Gasteiger partial charge in [-0.15, -0.1) is 5.10 Å². The van der Waals surface area contributed by atoms with Gasteiger partial charge in [-0.1, -0.05) is 23.7 Å². The van der Waals surface area contributed by atoms with E-state index in [9.17, 15) is 13.2 Å². The van der Waals surface area contributed by atoms with E-state index in [1.165, 1.54) is 24.7 Å². The molecule has 5 N–H and O–H groups in total. The number of amidine groups is 1. The first-order valence-corrected chi connectivity index (χ1v) is 8.29. The summed E-state index contributed by atoms with van der Waals surface area (Å²) < 4.78 is 40.6. The maximum Gasteiger partial charge on any atom is 0.417 e. The van der Waals surface area contributed by atoms with E-state index < -0.39 is 11.7 Å². The highest BCUT2D eigenvalue weighted by molar-refractivity contribution is 6.32. The van der Waals surface area contributed by atoms with Gasteiger partial charge in [0, 0.05) is 24.5 Å². The number of benzene rings is 1. The number of pyridine rings is 1. The van der Waals surface area contributed by atoms with Crippen LogP contribution in [-0.4, -0.2) is 20.4 Å². The smallest absolute Gasteiger partial charge is 0.382 e. The van der Waals surface area contributed by atoms with Crippen molar-refractivity contribution in [1.82, 2.24) is 20.1 Å². The second-order valence-corrected chi connectivity index (χ2v) is 6.14. The lowest BCUT2D eigenvalue weighted by Crippen LogP contribution is -2.23. The van der Waals surface area contributed by atoms with Crippen molar-refractivity contribution in [3.05, 3.63) is 70.8 Å². The first kappa shape index (κ1) is 19.6. The molecule has 3 rings (SSSR count). The molecule has 0 saturated heterocycles. The van der Waals surface area contributed by atoms with Gasteiger partial charge in [-0.25, -0.2) is 16.4 Å². The molecule has 0 aliphatic heterocycles. The van der Waals surface area contributed by atoms with Crippen molar-refractivity contribution in [3.63, 3.8) is 0 Å². The van der Waals surface area contributed by atoms with Crippen LogP contribution in [0.4, 0.5) is 13.2 Å². The molecule has 28 heavy (non-hydrogen) atoms. The van der Waals surface area contributed by atoms with Crippen molar-refractivity contribution in [2.24, 2.45) is 16.7 Å². The van der Waals surface area contributed by atoms with E-state index in [4.69, 9.17) is 23.2 Å². The third-order valence-corrected chi connectivity index (χ3v) is 4.32. The normalized spacial score (nSPS) is 12.2. The van der Waals surface area contributed by atoms with E-state index >= 15 is 0 Å². The summed E-state index contributed by atoms with van der Waals surface area (Å²) in [5.41, 5.74) is 8.95. The molecule has 0 atom stereocenters. The number of hydrazine groups is 1. The Kier molecular flexibility index (Phi) is 5.52. The van der Waals surface area contributed by atoms with Gasteiger partial charge in [0.1, 0.15) is 5.69 Å². The van der Waals surface area contributed by atoms with Crippen LogP contribution in [0.5, 0.6) is 0 Å². The van der Waals surface area contributed by atoms with Crippen molar-refractivity contribution in [3.8, 4) is 11.4 Å². The van der Waals surface area contributed by atoms with Crippen molar-refractivity contribution < 1.29 is 13.2 Å².